The maximum absolute atomic E-state index is 13.2. The number of nitrogens with zero attached hydrogens (tertiary/aromatic N) is 3. The number of rotatable bonds is 6. The molecule has 6 heteroatoms. The standard InChI is InChI=1S/C22H25N3O2S/c1-5-15(2)25-20(26)17-13-9-10-14-18(17)23-22(25)28-19(21(27)24(3)4)16-11-7-6-8-12-16/h6-15,19H,5H2,1-4H3/t15-,19+/m0/s1. The quantitative estimate of drug-likeness (QED) is 0.461. The van der Waals surface area contributed by atoms with Crippen molar-refractivity contribution >= 4 is 28.6 Å². The lowest BCUT2D eigenvalue weighted by atomic mass is 10.1. The molecule has 0 unspecified atom stereocenters. The molecule has 0 saturated carbocycles. The molecule has 0 aliphatic heterocycles. The van der Waals surface area contributed by atoms with Gasteiger partial charge in [0.1, 0.15) is 5.25 Å². The van der Waals surface area contributed by atoms with E-state index in [0.717, 1.165) is 12.0 Å². The zero-order chi connectivity index (χ0) is 20.3. The summed E-state index contributed by atoms with van der Waals surface area (Å²) in [6.07, 6.45) is 0.797. The Morgan fingerprint density at radius 1 is 1.11 bits per heavy atom. The van der Waals surface area contributed by atoms with E-state index in [1.807, 2.05) is 62.4 Å². The van der Waals surface area contributed by atoms with Crippen LogP contribution in [0.25, 0.3) is 10.9 Å². The largest absolute Gasteiger partial charge is 0.348 e. The first-order valence-electron chi connectivity index (χ1n) is 9.38. The van der Waals surface area contributed by atoms with E-state index in [2.05, 4.69) is 0 Å². The van der Waals surface area contributed by atoms with Crippen LogP contribution in [0, 0.1) is 0 Å². The Hall–Kier alpha value is -2.60. The number of hydrogen-bond donors (Lipinski definition) is 0. The molecule has 1 aromatic heterocycles. The van der Waals surface area contributed by atoms with E-state index in [4.69, 9.17) is 4.98 Å². The maximum Gasteiger partial charge on any atom is 0.262 e. The van der Waals surface area contributed by atoms with Crippen LogP contribution in [-0.2, 0) is 4.79 Å². The number of likely N-dealkylation sites (N-methyl/N-ethyl adjacent to an activating group) is 1. The molecule has 5 nitrogen and oxygen atoms in total. The van der Waals surface area contributed by atoms with Gasteiger partial charge in [-0.2, -0.15) is 0 Å². The summed E-state index contributed by atoms with van der Waals surface area (Å²) in [5, 5.41) is 0.698. The second kappa shape index (κ2) is 8.61. The molecule has 2 aromatic carbocycles. The van der Waals surface area contributed by atoms with Crippen LogP contribution in [0.3, 0.4) is 0 Å². The monoisotopic (exact) mass is 395 g/mol. The van der Waals surface area contributed by atoms with Crippen molar-refractivity contribution < 1.29 is 4.79 Å². The topological polar surface area (TPSA) is 55.2 Å². The minimum absolute atomic E-state index is 0.0158. The molecule has 0 aliphatic carbocycles. The molecule has 0 aliphatic rings. The average molecular weight is 396 g/mol. The van der Waals surface area contributed by atoms with E-state index in [9.17, 15) is 9.59 Å². The smallest absolute Gasteiger partial charge is 0.262 e. The SMILES string of the molecule is CC[C@H](C)n1c(S[C@@H](C(=O)N(C)C)c2ccccc2)nc2ccccc2c1=O. The predicted octanol–water partition coefficient (Wildman–Crippen LogP) is 4.29. The van der Waals surface area contributed by atoms with Gasteiger partial charge in [-0.3, -0.25) is 14.2 Å². The lowest BCUT2D eigenvalue weighted by Crippen LogP contribution is -2.29. The van der Waals surface area contributed by atoms with E-state index in [0.29, 0.717) is 16.1 Å². The highest BCUT2D eigenvalue weighted by molar-refractivity contribution is 8.00. The van der Waals surface area contributed by atoms with E-state index < -0.39 is 5.25 Å². The molecule has 2 atom stereocenters. The highest BCUT2D eigenvalue weighted by atomic mass is 32.2. The third-order valence-electron chi connectivity index (χ3n) is 4.80. The van der Waals surface area contributed by atoms with E-state index in [1.54, 1.807) is 29.6 Å². The van der Waals surface area contributed by atoms with Crippen LogP contribution in [0.15, 0.2) is 64.5 Å². The van der Waals surface area contributed by atoms with Crippen molar-refractivity contribution in [1.82, 2.24) is 14.5 Å². The molecular weight excluding hydrogens is 370 g/mol. The van der Waals surface area contributed by atoms with E-state index >= 15 is 0 Å². The third-order valence-corrected chi connectivity index (χ3v) is 6.01. The number of amides is 1. The van der Waals surface area contributed by atoms with Gasteiger partial charge in [-0.25, -0.2) is 4.98 Å². The molecule has 0 spiro atoms. The van der Waals surface area contributed by atoms with Crippen LogP contribution < -0.4 is 5.56 Å². The summed E-state index contributed by atoms with van der Waals surface area (Å²) in [7, 11) is 3.49. The van der Waals surface area contributed by atoms with Gasteiger partial charge in [0.25, 0.3) is 5.56 Å². The fraction of sp³-hybridized carbons (Fsp3) is 0.318. The van der Waals surface area contributed by atoms with Crippen LogP contribution in [0.4, 0.5) is 0 Å². The lowest BCUT2D eigenvalue weighted by Gasteiger charge is -2.23. The summed E-state index contributed by atoms with van der Waals surface area (Å²) in [6.45, 7) is 4.05. The Morgan fingerprint density at radius 2 is 1.75 bits per heavy atom. The van der Waals surface area contributed by atoms with Gasteiger partial charge in [-0.05, 0) is 31.0 Å². The second-order valence-corrected chi connectivity index (χ2v) is 8.06. The number of benzene rings is 2. The fourth-order valence-electron chi connectivity index (χ4n) is 3.01. The van der Waals surface area contributed by atoms with E-state index in [-0.39, 0.29) is 17.5 Å². The number of carbonyl (C=O) groups excluding carboxylic acids is 1. The van der Waals surface area contributed by atoms with Crippen molar-refractivity contribution in [2.45, 2.75) is 36.7 Å². The molecule has 0 fully saturated rings. The normalized spacial score (nSPS) is 13.3. The van der Waals surface area contributed by atoms with Crippen molar-refractivity contribution in [3.63, 3.8) is 0 Å². The molecule has 0 radical (unpaired) electrons. The minimum atomic E-state index is -0.473. The van der Waals surface area contributed by atoms with Gasteiger partial charge in [-0.15, -0.1) is 0 Å². The van der Waals surface area contributed by atoms with E-state index in [1.165, 1.54) is 11.8 Å². The second-order valence-electron chi connectivity index (χ2n) is 6.99. The number of aromatic nitrogens is 2. The van der Waals surface area contributed by atoms with Crippen molar-refractivity contribution in [1.29, 1.82) is 0 Å². The van der Waals surface area contributed by atoms with Crippen LogP contribution >= 0.6 is 11.8 Å². The zero-order valence-corrected chi connectivity index (χ0v) is 17.4. The van der Waals surface area contributed by atoms with Gasteiger partial charge in [0.05, 0.1) is 10.9 Å². The van der Waals surface area contributed by atoms with Crippen LogP contribution in [0.2, 0.25) is 0 Å². The summed E-state index contributed by atoms with van der Waals surface area (Å²) in [4.78, 5) is 32.5. The Morgan fingerprint density at radius 3 is 2.39 bits per heavy atom. The van der Waals surface area contributed by atoms with Crippen molar-refractivity contribution in [2.75, 3.05) is 14.1 Å². The summed E-state index contributed by atoms with van der Waals surface area (Å²) < 4.78 is 1.73. The first kappa shape index (κ1) is 20.1. The summed E-state index contributed by atoms with van der Waals surface area (Å²) in [5.41, 5.74) is 1.48. The number of thioether (sulfide) groups is 1. The minimum Gasteiger partial charge on any atom is -0.348 e. The van der Waals surface area contributed by atoms with Gasteiger partial charge in [0, 0.05) is 20.1 Å². The molecule has 3 rings (SSSR count). The molecule has 0 N–H and O–H groups in total. The molecule has 146 valence electrons. The molecule has 1 heterocycles. The molecule has 0 bridgehead atoms. The Labute approximate surface area is 169 Å². The van der Waals surface area contributed by atoms with Gasteiger partial charge in [-0.1, -0.05) is 61.2 Å². The van der Waals surface area contributed by atoms with Crippen molar-refractivity contribution in [3.8, 4) is 0 Å². The summed E-state index contributed by atoms with van der Waals surface area (Å²) >= 11 is 1.34. The molecule has 0 saturated heterocycles. The van der Waals surface area contributed by atoms with Crippen molar-refractivity contribution in [2.24, 2.45) is 0 Å². The Balaban J connectivity index is 2.17. The Bertz CT molecular complexity index is 1030. The maximum atomic E-state index is 13.2. The fourth-order valence-corrected chi connectivity index (χ4v) is 4.35. The van der Waals surface area contributed by atoms with Crippen molar-refractivity contribution in [3.05, 3.63) is 70.5 Å². The first-order chi connectivity index (χ1) is 13.4. The zero-order valence-electron chi connectivity index (χ0n) is 16.6. The van der Waals surface area contributed by atoms with Crippen LogP contribution in [0.1, 0.15) is 37.1 Å². The Kier molecular flexibility index (Phi) is 6.19. The van der Waals surface area contributed by atoms with Gasteiger partial charge in [0.15, 0.2) is 5.16 Å². The number of hydrogen-bond acceptors (Lipinski definition) is 4. The molecule has 3 aromatic rings. The van der Waals surface area contributed by atoms with Gasteiger partial charge < -0.3 is 4.90 Å². The number of fused-ring (bicyclic) bond motifs is 1. The number of para-hydroxylation sites is 1. The van der Waals surface area contributed by atoms with Gasteiger partial charge >= 0.3 is 0 Å². The highest BCUT2D eigenvalue weighted by Gasteiger charge is 2.27. The highest BCUT2D eigenvalue weighted by Crippen LogP contribution is 2.36. The molecular formula is C22H25N3O2S. The molecule has 1 amide bonds. The number of carbonyl (C=O) groups is 1. The van der Waals surface area contributed by atoms with Crippen LogP contribution in [0.5, 0.6) is 0 Å². The predicted molar refractivity (Wildman–Crippen MR) is 115 cm³/mol. The average Bonchev–Trinajstić information content (AvgIpc) is 2.71. The summed E-state index contributed by atoms with van der Waals surface area (Å²) in [6, 6.07) is 17.0. The van der Waals surface area contributed by atoms with Crippen LogP contribution in [-0.4, -0.2) is 34.5 Å². The molecule has 28 heavy (non-hydrogen) atoms. The third kappa shape index (κ3) is 3.97. The first-order valence-corrected chi connectivity index (χ1v) is 10.3. The van der Waals surface area contributed by atoms with Gasteiger partial charge in [0.2, 0.25) is 5.91 Å². The lowest BCUT2D eigenvalue weighted by molar-refractivity contribution is -0.128. The summed E-state index contributed by atoms with van der Waals surface area (Å²) in [5.74, 6) is -0.0330.